The summed E-state index contributed by atoms with van der Waals surface area (Å²) in [7, 11) is 0. The van der Waals surface area contributed by atoms with Crippen LogP contribution in [0.5, 0.6) is 0 Å². The van der Waals surface area contributed by atoms with Crippen LogP contribution in [0, 0.1) is 0 Å². The first-order chi connectivity index (χ1) is 27.6. The minimum Gasteiger partial charge on any atom is -0.453 e. The molecule has 1 aromatic heterocycles. The molecule has 0 unspecified atom stereocenters. The minimum absolute atomic E-state index is 0.0777. The highest BCUT2D eigenvalue weighted by Gasteiger charge is 2.40. The maximum absolute atomic E-state index is 7.07. The van der Waals surface area contributed by atoms with Crippen molar-refractivity contribution in [2.24, 2.45) is 0 Å². The maximum Gasteiger partial charge on any atom is 0.159 e. The molecule has 276 valence electrons. The first-order valence-corrected chi connectivity index (χ1v) is 20.4. The Morgan fingerprint density at radius 1 is 0.439 bits per heavy atom. The molecular formula is C55H45NO. The molecule has 2 heteroatoms. The van der Waals surface area contributed by atoms with E-state index in [1.165, 1.54) is 60.8 Å². The second-order valence-corrected chi connectivity index (χ2v) is 17.5. The Labute approximate surface area is 335 Å². The van der Waals surface area contributed by atoms with Crippen molar-refractivity contribution in [1.82, 2.24) is 0 Å². The summed E-state index contributed by atoms with van der Waals surface area (Å²) in [6, 6.07) is 58.5. The van der Waals surface area contributed by atoms with Gasteiger partial charge in [0, 0.05) is 38.2 Å². The van der Waals surface area contributed by atoms with Gasteiger partial charge in [0.15, 0.2) is 5.58 Å². The topological polar surface area (TPSA) is 16.4 Å². The monoisotopic (exact) mass is 735 g/mol. The van der Waals surface area contributed by atoms with E-state index in [0.717, 1.165) is 50.1 Å². The van der Waals surface area contributed by atoms with Gasteiger partial charge in [0.25, 0.3) is 0 Å². The molecule has 8 aromatic carbocycles. The summed E-state index contributed by atoms with van der Waals surface area (Å²) < 4.78 is 7.07. The van der Waals surface area contributed by atoms with Gasteiger partial charge in [-0.15, -0.1) is 0 Å². The molecule has 0 aliphatic heterocycles. The highest BCUT2D eigenvalue weighted by molar-refractivity contribution is 6.16. The van der Waals surface area contributed by atoms with Crippen molar-refractivity contribution < 1.29 is 4.42 Å². The van der Waals surface area contributed by atoms with E-state index in [2.05, 4.69) is 204 Å². The maximum atomic E-state index is 7.07. The van der Waals surface area contributed by atoms with Crippen molar-refractivity contribution in [2.75, 3.05) is 4.90 Å². The fraction of sp³-hybridized carbons (Fsp3) is 0.164. The van der Waals surface area contributed by atoms with E-state index in [1.807, 2.05) is 0 Å². The van der Waals surface area contributed by atoms with Gasteiger partial charge in [0.1, 0.15) is 5.58 Å². The van der Waals surface area contributed by atoms with Gasteiger partial charge in [0.05, 0.1) is 11.4 Å². The van der Waals surface area contributed by atoms with Gasteiger partial charge in [-0.2, -0.15) is 0 Å². The molecule has 1 heterocycles. The molecule has 0 amide bonds. The Balaban J connectivity index is 1.17. The number of nitrogens with zero attached hydrogens (tertiary/aromatic N) is 1. The normalized spacial score (nSPS) is 14.6. The summed E-state index contributed by atoms with van der Waals surface area (Å²) in [4.78, 5) is 2.44. The first-order valence-electron chi connectivity index (χ1n) is 20.4. The second kappa shape index (κ2) is 12.1. The number of para-hydroxylation sites is 2. The quantitative estimate of drug-likeness (QED) is 0.175. The summed E-state index contributed by atoms with van der Waals surface area (Å²) in [6.45, 7) is 14.1. The molecule has 2 nitrogen and oxygen atoms in total. The molecule has 0 N–H and O–H groups in total. The summed E-state index contributed by atoms with van der Waals surface area (Å²) in [5.41, 5.74) is 19.3. The van der Waals surface area contributed by atoms with Crippen LogP contribution in [0.15, 0.2) is 162 Å². The Kier molecular flexibility index (Phi) is 7.18. The van der Waals surface area contributed by atoms with Gasteiger partial charge in [-0.1, -0.05) is 163 Å². The third-order valence-corrected chi connectivity index (χ3v) is 13.3. The van der Waals surface area contributed by atoms with E-state index in [9.17, 15) is 0 Å². The fourth-order valence-corrected chi connectivity index (χ4v) is 10.2. The van der Waals surface area contributed by atoms with Gasteiger partial charge in [-0.05, 0) is 103 Å². The second-order valence-electron chi connectivity index (χ2n) is 17.5. The van der Waals surface area contributed by atoms with Crippen molar-refractivity contribution in [3.63, 3.8) is 0 Å². The van der Waals surface area contributed by atoms with E-state index >= 15 is 0 Å². The average Bonchev–Trinajstić information content (AvgIpc) is 3.73. The lowest BCUT2D eigenvalue weighted by molar-refractivity contribution is 0.639. The van der Waals surface area contributed by atoms with E-state index in [-0.39, 0.29) is 10.8 Å². The number of fused-ring (bicyclic) bond motifs is 8. The third-order valence-electron chi connectivity index (χ3n) is 13.3. The lowest BCUT2D eigenvalue weighted by atomic mass is 9.67. The van der Waals surface area contributed by atoms with Gasteiger partial charge in [-0.3, -0.25) is 0 Å². The van der Waals surface area contributed by atoms with Crippen molar-refractivity contribution >= 4 is 49.8 Å². The Morgan fingerprint density at radius 2 is 1.04 bits per heavy atom. The third kappa shape index (κ3) is 4.77. The molecule has 9 aromatic rings. The van der Waals surface area contributed by atoms with Crippen molar-refractivity contribution in [3.8, 4) is 33.4 Å². The van der Waals surface area contributed by atoms with E-state index < -0.39 is 0 Å². The average molecular weight is 736 g/mol. The number of furan rings is 1. The molecular weight excluding hydrogens is 691 g/mol. The Bertz CT molecular complexity index is 3090. The lowest BCUT2D eigenvalue weighted by Crippen LogP contribution is -2.25. The van der Waals surface area contributed by atoms with Crippen LogP contribution in [-0.2, 0) is 10.8 Å². The molecule has 0 atom stereocenters. The number of benzene rings is 8. The summed E-state index contributed by atoms with van der Waals surface area (Å²) in [6.07, 6.45) is 0. The molecule has 0 radical (unpaired) electrons. The number of rotatable bonds is 5. The summed E-state index contributed by atoms with van der Waals surface area (Å²) in [5.74, 6) is 0.435. The van der Waals surface area contributed by atoms with Gasteiger partial charge in [-0.25, -0.2) is 0 Å². The van der Waals surface area contributed by atoms with Crippen LogP contribution in [-0.4, -0.2) is 0 Å². The molecule has 57 heavy (non-hydrogen) atoms. The number of anilines is 3. The smallest absolute Gasteiger partial charge is 0.159 e. The van der Waals surface area contributed by atoms with Crippen LogP contribution < -0.4 is 4.90 Å². The predicted octanol–water partition coefficient (Wildman–Crippen LogP) is 15.6. The van der Waals surface area contributed by atoms with E-state index in [4.69, 9.17) is 4.42 Å². The molecule has 0 bridgehead atoms. The number of hydrogen-bond donors (Lipinski definition) is 0. The first kappa shape index (κ1) is 33.9. The van der Waals surface area contributed by atoms with Crippen LogP contribution in [0.2, 0.25) is 0 Å². The Morgan fingerprint density at radius 3 is 1.79 bits per heavy atom. The molecule has 2 aliphatic rings. The minimum atomic E-state index is -0.215. The van der Waals surface area contributed by atoms with E-state index in [0.29, 0.717) is 5.92 Å². The van der Waals surface area contributed by atoms with Crippen molar-refractivity contribution in [2.45, 2.75) is 58.3 Å². The van der Waals surface area contributed by atoms with Crippen LogP contribution in [0.1, 0.15) is 75.3 Å². The van der Waals surface area contributed by atoms with Gasteiger partial charge >= 0.3 is 0 Å². The van der Waals surface area contributed by atoms with Crippen molar-refractivity contribution in [1.29, 1.82) is 0 Å². The SMILES string of the molecule is CC(C)c1ccc(N(c2ccc3c4c(cccc24)C(C)(C)c2cc4c(cc2-3)C(C)(C)c2ccccc2-4)c2cccc3c2oc2c(-c4ccccc4)cccc23)cc1. The largest absolute Gasteiger partial charge is 0.453 e. The van der Waals surface area contributed by atoms with E-state index in [1.54, 1.807) is 0 Å². The van der Waals surface area contributed by atoms with Crippen LogP contribution in [0.4, 0.5) is 17.1 Å². The zero-order valence-electron chi connectivity index (χ0n) is 33.4. The predicted molar refractivity (Wildman–Crippen MR) is 241 cm³/mol. The van der Waals surface area contributed by atoms with Crippen molar-refractivity contribution in [3.05, 3.63) is 186 Å². The van der Waals surface area contributed by atoms with Crippen LogP contribution in [0.25, 0.3) is 66.1 Å². The molecule has 0 saturated heterocycles. The molecule has 2 aliphatic carbocycles. The fourth-order valence-electron chi connectivity index (χ4n) is 10.2. The standard InChI is InChI=1S/C55H45NO/c1-33(2)34-25-27-36(28-26-34)56(50-24-14-20-41-40-19-12-18-37(52(40)57-53(41)50)35-15-8-7-9-16-35)49-30-29-39-44-32-47-43(38-17-10-11-22-45(38)54(47,3)4)31-48(44)55(5,6)46-23-13-21-42(49)51(39)46/h7-33H,1-6H3. The lowest BCUT2D eigenvalue weighted by Gasteiger charge is -2.37. The van der Waals surface area contributed by atoms with Crippen LogP contribution in [0.3, 0.4) is 0 Å². The highest BCUT2D eigenvalue weighted by Crippen LogP contribution is 2.57. The molecule has 0 spiro atoms. The zero-order valence-corrected chi connectivity index (χ0v) is 33.4. The zero-order chi connectivity index (χ0) is 38.8. The molecule has 0 fully saturated rings. The number of hydrogen-bond acceptors (Lipinski definition) is 2. The Hall–Kier alpha value is -6.38. The summed E-state index contributed by atoms with van der Waals surface area (Å²) >= 11 is 0. The van der Waals surface area contributed by atoms with Gasteiger partial charge < -0.3 is 9.32 Å². The van der Waals surface area contributed by atoms with Gasteiger partial charge in [0.2, 0.25) is 0 Å². The molecule has 11 rings (SSSR count). The highest BCUT2D eigenvalue weighted by atomic mass is 16.3. The summed E-state index contributed by atoms with van der Waals surface area (Å²) in [5, 5.41) is 4.79. The van der Waals surface area contributed by atoms with Crippen LogP contribution >= 0.6 is 0 Å². The molecule has 0 saturated carbocycles.